The molecule has 0 bridgehead atoms. The number of amides is 2. The molecule has 4 rings (SSSR count). The van der Waals surface area contributed by atoms with E-state index in [1.54, 1.807) is 9.80 Å². The largest absolute Gasteiger partial charge is 0.481 e. The molecule has 0 saturated carbocycles. The van der Waals surface area contributed by atoms with E-state index in [2.05, 4.69) is 20.3 Å². The molecule has 2 aromatic heterocycles. The van der Waals surface area contributed by atoms with Gasteiger partial charge in [-0.2, -0.15) is 13.2 Å². The van der Waals surface area contributed by atoms with E-state index in [4.69, 9.17) is 14.6 Å². The number of urea groups is 1. The van der Waals surface area contributed by atoms with Gasteiger partial charge in [0.15, 0.2) is 0 Å². The number of ether oxygens (including phenoxy) is 2. The van der Waals surface area contributed by atoms with E-state index in [1.807, 2.05) is 0 Å². The van der Waals surface area contributed by atoms with Gasteiger partial charge in [-0.25, -0.2) is 19.7 Å². The topological polar surface area (TPSA) is 113 Å². The number of halogens is 3. The number of pyridine rings is 1. The fourth-order valence-electron chi connectivity index (χ4n) is 4.26. The van der Waals surface area contributed by atoms with Crippen molar-refractivity contribution in [1.29, 1.82) is 0 Å². The summed E-state index contributed by atoms with van der Waals surface area (Å²) in [5.41, 5.74) is 0.899. The Morgan fingerprint density at radius 2 is 2.09 bits per heavy atom. The fourth-order valence-corrected chi connectivity index (χ4v) is 4.26. The van der Waals surface area contributed by atoms with Crippen molar-refractivity contribution in [3.63, 3.8) is 0 Å². The molecule has 0 aromatic carbocycles. The summed E-state index contributed by atoms with van der Waals surface area (Å²) in [4.78, 5) is 28.0. The van der Waals surface area contributed by atoms with Crippen molar-refractivity contribution in [1.82, 2.24) is 25.2 Å². The molecule has 2 aromatic rings. The fraction of sp³-hybridized carbons (Fsp3) is 0.545. The summed E-state index contributed by atoms with van der Waals surface area (Å²) in [6.07, 6.45) is -0.529. The standard InChI is InChI=1S/C22H27F3N6O4/c1-34-20-17(22(23,24)25)8-15(9-27-20)30-6-3-18-16(11-30)19(29-13-28-18)35-12-14-2-5-31(10-14)21(33)26-4-7-32/h8-9,13-14,32H,2-7,10-12H2,1H3,(H,26,33). The number of aromatic nitrogens is 3. The number of alkyl halides is 3. The zero-order chi connectivity index (χ0) is 25.0. The average Bonchev–Trinajstić information content (AvgIpc) is 3.34. The van der Waals surface area contributed by atoms with Crippen LogP contribution in [-0.4, -0.2) is 77.5 Å². The minimum Gasteiger partial charge on any atom is -0.481 e. The van der Waals surface area contributed by atoms with Crippen molar-refractivity contribution < 1.29 is 32.5 Å². The van der Waals surface area contributed by atoms with Crippen LogP contribution in [0.3, 0.4) is 0 Å². The second-order valence-electron chi connectivity index (χ2n) is 8.39. The molecule has 2 aliphatic rings. The van der Waals surface area contributed by atoms with Gasteiger partial charge < -0.3 is 29.7 Å². The Labute approximate surface area is 200 Å². The lowest BCUT2D eigenvalue weighted by Gasteiger charge is -2.31. The zero-order valence-electron chi connectivity index (χ0n) is 19.2. The highest BCUT2D eigenvalue weighted by Crippen LogP contribution is 2.38. The Morgan fingerprint density at radius 3 is 2.83 bits per heavy atom. The second kappa shape index (κ2) is 10.5. The van der Waals surface area contributed by atoms with Crippen LogP contribution in [0.5, 0.6) is 11.8 Å². The van der Waals surface area contributed by atoms with Crippen LogP contribution in [0.4, 0.5) is 23.7 Å². The third-order valence-electron chi connectivity index (χ3n) is 6.08. The van der Waals surface area contributed by atoms with E-state index in [0.717, 1.165) is 30.9 Å². The van der Waals surface area contributed by atoms with E-state index in [9.17, 15) is 18.0 Å². The smallest absolute Gasteiger partial charge is 0.421 e. The summed E-state index contributed by atoms with van der Waals surface area (Å²) < 4.78 is 51.2. The van der Waals surface area contributed by atoms with Gasteiger partial charge >= 0.3 is 12.2 Å². The zero-order valence-corrected chi connectivity index (χ0v) is 19.2. The molecule has 0 aliphatic carbocycles. The molecule has 0 spiro atoms. The van der Waals surface area contributed by atoms with Crippen LogP contribution >= 0.6 is 0 Å². The Balaban J connectivity index is 1.44. The molecule has 0 radical (unpaired) electrons. The number of anilines is 1. The van der Waals surface area contributed by atoms with Crippen molar-refractivity contribution in [3.05, 3.63) is 35.4 Å². The molecule has 1 fully saturated rings. The van der Waals surface area contributed by atoms with Gasteiger partial charge in [-0.15, -0.1) is 0 Å². The average molecular weight is 496 g/mol. The van der Waals surface area contributed by atoms with Crippen molar-refractivity contribution >= 4 is 11.7 Å². The van der Waals surface area contributed by atoms with Gasteiger partial charge in [0.25, 0.3) is 0 Å². The third-order valence-corrected chi connectivity index (χ3v) is 6.08. The monoisotopic (exact) mass is 496 g/mol. The van der Waals surface area contributed by atoms with Gasteiger partial charge in [0.1, 0.15) is 11.9 Å². The number of hydrogen-bond acceptors (Lipinski definition) is 8. The first kappa shape index (κ1) is 24.8. The van der Waals surface area contributed by atoms with E-state index in [1.165, 1.54) is 12.5 Å². The van der Waals surface area contributed by atoms with Gasteiger partial charge in [0.05, 0.1) is 50.0 Å². The highest BCUT2D eigenvalue weighted by Gasteiger charge is 2.36. The number of aliphatic hydroxyl groups is 1. The van der Waals surface area contributed by atoms with Crippen LogP contribution in [0, 0.1) is 5.92 Å². The minimum atomic E-state index is -4.59. The Hall–Kier alpha value is -3.35. The molecule has 13 heteroatoms. The van der Waals surface area contributed by atoms with E-state index < -0.39 is 17.6 Å². The number of rotatable bonds is 7. The molecule has 2 amide bonds. The first-order valence-corrected chi connectivity index (χ1v) is 11.3. The predicted molar refractivity (Wildman–Crippen MR) is 118 cm³/mol. The molecule has 35 heavy (non-hydrogen) atoms. The van der Waals surface area contributed by atoms with Crippen LogP contribution in [0.2, 0.25) is 0 Å². The SMILES string of the molecule is COc1ncc(N2CCc3ncnc(OCC4CCN(C(=O)NCCO)C4)c3C2)cc1C(F)(F)F. The van der Waals surface area contributed by atoms with E-state index in [-0.39, 0.29) is 31.6 Å². The van der Waals surface area contributed by atoms with Crippen LogP contribution in [-0.2, 0) is 19.1 Å². The number of hydrogen-bond donors (Lipinski definition) is 2. The number of likely N-dealkylation sites (tertiary alicyclic amines) is 1. The van der Waals surface area contributed by atoms with E-state index >= 15 is 0 Å². The maximum Gasteiger partial charge on any atom is 0.421 e. The predicted octanol–water partition coefficient (Wildman–Crippen LogP) is 1.86. The first-order chi connectivity index (χ1) is 16.8. The Kier molecular flexibility index (Phi) is 7.43. The van der Waals surface area contributed by atoms with Crippen LogP contribution in [0.25, 0.3) is 0 Å². The second-order valence-corrected chi connectivity index (χ2v) is 8.39. The summed E-state index contributed by atoms with van der Waals surface area (Å²) >= 11 is 0. The number of methoxy groups -OCH3 is 1. The Bertz CT molecular complexity index is 1050. The summed E-state index contributed by atoms with van der Waals surface area (Å²) in [7, 11) is 1.15. The van der Waals surface area contributed by atoms with Gasteiger partial charge in [-0.05, 0) is 12.5 Å². The number of fused-ring (bicyclic) bond motifs is 1. The maximum atomic E-state index is 13.5. The van der Waals surface area contributed by atoms with Gasteiger partial charge in [-0.3, -0.25) is 0 Å². The van der Waals surface area contributed by atoms with Gasteiger partial charge in [0.2, 0.25) is 11.8 Å². The first-order valence-electron chi connectivity index (χ1n) is 11.3. The number of nitrogens with one attached hydrogen (secondary N) is 1. The summed E-state index contributed by atoms with van der Waals surface area (Å²) in [6.45, 7) is 2.28. The highest BCUT2D eigenvalue weighted by molar-refractivity contribution is 5.74. The van der Waals surface area contributed by atoms with Crippen molar-refractivity contribution in [3.8, 4) is 11.8 Å². The quantitative estimate of drug-likeness (QED) is 0.598. The molecule has 1 saturated heterocycles. The summed E-state index contributed by atoms with van der Waals surface area (Å²) in [6, 6.07) is 0.818. The van der Waals surface area contributed by atoms with Crippen LogP contribution in [0.1, 0.15) is 23.2 Å². The van der Waals surface area contributed by atoms with Crippen molar-refractivity contribution in [2.45, 2.75) is 25.6 Å². The minimum absolute atomic E-state index is 0.111. The molecular formula is C22H27F3N6O4. The molecule has 190 valence electrons. The number of carbonyl (C=O) groups excluding carboxylic acids is 1. The lowest BCUT2D eigenvalue weighted by Crippen LogP contribution is -2.39. The van der Waals surface area contributed by atoms with Crippen molar-refractivity contribution in [2.75, 3.05) is 51.4 Å². The van der Waals surface area contributed by atoms with Gasteiger partial charge in [-0.1, -0.05) is 0 Å². The molecule has 2 N–H and O–H groups in total. The summed E-state index contributed by atoms with van der Waals surface area (Å²) in [5.74, 6) is 0.0300. The number of aliphatic hydroxyl groups excluding tert-OH is 1. The van der Waals surface area contributed by atoms with Crippen LogP contribution < -0.4 is 19.7 Å². The summed E-state index contributed by atoms with van der Waals surface area (Å²) in [5, 5.41) is 11.5. The Morgan fingerprint density at radius 1 is 1.26 bits per heavy atom. The normalized spacial score (nSPS) is 17.8. The number of nitrogens with zero attached hydrogens (tertiary/aromatic N) is 5. The lowest BCUT2D eigenvalue weighted by molar-refractivity contribution is -0.139. The molecule has 1 unspecified atom stereocenters. The van der Waals surface area contributed by atoms with Gasteiger partial charge in [0, 0.05) is 38.5 Å². The number of carbonyl (C=O) groups is 1. The molecule has 2 aliphatic heterocycles. The maximum absolute atomic E-state index is 13.5. The highest BCUT2D eigenvalue weighted by atomic mass is 19.4. The molecular weight excluding hydrogens is 469 g/mol. The third kappa shape index (κ3) is 5.66. The molecule has 1 atom stereocenters. The van der Waals surface area contributed by atoms with Crippen LogP contribution in [0.15, 0.2) is 18.6 Å². The van der Waals surface area contributed by atoms with E-state index in [0.29, 0.717) is 44.2 Å². The molecule has 10 nitrogen and oxygen atoms in total. The molecule has 4 heterocycles. The lowest BCUT2D eigenvalue weighted by atomic mass is 10.1. The van der Waals surface area contributed by atoms with Crippen molar-refractivity contribution in [2.24, 2.45) is 5.92 Å².